The van der Waals surface area contributed by atoms with Crippen LogP contribution < -0.4 is 11.1 Å². The van der Waals surface area contributed by atoms with Crippen molar-refractivity contribution >= 4 is 48.9 Å². The summed E-state index contributed by atoms with van der Waals surface area (Å²) in [5, 5.41) is 4.63. The van der Waals surface area contributed by atoms with Crippen molar-refractivity contribution in [1.82, 2.24) is 4.98 Å². The second-order valence-electron chi connectivity index (χ2n) is 6.18. The molecule has 3 aromatic rings. The molecule has 4 rings (SSSR count). The van der Waals surface area contributed by atoms with Gasteiger partial charge in [0.2, 0.25) is 0 Å². The van der Waals surface area contributed by atoms with Crippen molar-refractivity contribution in [3.8, 4) is 0 Å². The van der Waals surface area contributed by atoms with Crippen molar-refractivity contribution in [2.24, 2.45) is 11.7 Å². The van der Waals surface area contributed by atoms with Crippen LogP contribution in [-0.4, -0.2) is 10.9 Å². The molecule has 0 saturated carbocycles. The van der Waals surface area contributed by atoms with E-state index in [0.29, 0.717) is 16.6 Å². The van der Waals surface area contributed by atoms with Gasteiger partial charge in [0.15, 0.2) is 5.13 Å². The average molecular weight is 361 g/mol. The number of thiazole rings is 1. The number of amides is 1. The number of hydrogen-bond donors (Lipinski definition) is 2. The summed E-state index contributed by atoms with van der Waals surface area (Å²) in [6.07, 6.45) is 2.94. The first-order valence-corrected chi connectivity index (χ1v) is 9.42. The molecule has 0 aliphatic heterocycles. The minimum atomic E-state index is -0.406. The number of carbonyl (C=O) groups is 1. The molecule has 124 valence electrons. The number of hydrogen-bond acceptors (Lipinski definition) is 5. The Morgan fingerprint density at radius 3 is 3.04 bits per heavy atom. The van der Waals surface area contributed by atoms with E-state index in [1.165, 1.54) is 28.3 Å². The molecule has 1 aromatic carbocycles. The number of nitrogens with zero attached hydrogens (tertiary/aromatic N) is 1. The maximum absolute atomic E-state index is 13.3. The average Bonchev–Trinajstić information content (AvgIpc) is 3.06. The lowest BCUT2D eigenvalue weighted by molar-refractivity contribution is 0.1000. The van der Waals surface area contributed by atoms with Crippen LogP contribution in [0.1, 0.15) is 34.1 Å². The van der Waals surface area contributed by atoms with Crippen molar-refractivity contribution in [2.75, 3.05) is 5.32 Å². The Hall–Kier alpha value is -1.99. The van der Waals surface area contributed by atoms with Gasteiger partial charge in [-0.1, -0.05) is 18.3 Å². The quantitative estimate of drug-likeness (QED) is 0.723. The summed E-state index contributed by atoms with van der Waals surface area (Å²) in [4.78, 5) is 17.7. The first kappa shape index (κ1) is 15.5. The standard InChI is InChI=1S/C17H16FN3OS2/c1-8-2-4-10-12(6-8)23-16(14(10)15(19)22)21-17-20-11-5-3-9(18)7-13(11)24-17/h3,5,7-8H,2,4,6H2,1H3,(H2,19,22)(H,20,21)/t8-/m0/s1. The van der Waals surface area contributed by atoms with Crippen LogP contribution in [0, 0.1) is 11.7 Å². The normalized spacial score (nSPS) is 17.0. The molecule has 0 spiro atoms. The Bertz CT molecular complexity index is 947. The number of primary amides is 1. The summed E-state index contributed by atoms with van der Waals surface area (Å²) in [6.45, 7) is 2.22. The molecule has 7 heteroatoms. The Balaban J connectivity index is 1.74. The lowest BCUT2D eigenvalue weighted by Gasteiger charge is -2.18. The Morgan fingerprint density at radius 2 is 2.25 bits per heavy atom. The van der Waals surface area contributed by atoms with E-state index in [4.69, 9.17) is 5.73 Å². The summed E-state index contributed by atoms with van der Waals surface area (Å²) >= 11 is 2.95. The molecule has 4 nitrogen and oxygen atoms in total. The van der Waals surface area contributed by atoms with Gasteiger partial charge in [-0.05, 0) is 48.9 Å². The van der Waals surface area contributed by atoms with Gasteiger partial charge in [0, 0.05) is 4.88 Å². The van der Waals surface area contributed by atoms with Gasteiger partial charge < -0.3 is 11.1 Å². The van der Waals surface area contributed by atoms with Gasteiger partial charge in [-0.25, -0.2) is 9.37 Å². The summed E-state index contributed by atoms with van der Waals surface area (Å²) in [5.74, 6) is -0.0667. The van der Waals surface area contributed by atoms with Crippen molar-refractivity contribution in [2.45, 2.75) is 26.2 Å². The summed E-state index contributed by atoms with van der Waals surface area (Å²) in [5.41, 5.74) is 8.04. The van der Waals surface area contributed by atoms with E-state index in [2.05, 4.69) is 17.2 Å². The molecule has 1 aliphatic carbocycles. The molecular formula is C17H16FN3OS2. The van der Waals surface area contributed by atoms with Crippen molar-refractivity contribution < 1.29 is 9.18 Å². The fourth-order valence-corrected chi connectivity index (χ4v) is 5.52. The maximum Gasteiger partial charge on any atom is 0.251 e. The predicted octanol–water partition coefficient (Wildman–Crippen LogP) is 4.46. The van der Waals surface area contributed by atoms with E-state index >= 15 is 0 Å². The molecule has 3 N–H and O–H groups in total. The number of anilines is 2. The minimum Gasteiger partial charge on any atom is -0.365 e. The van der Waals surface area contributed by atoms with E-state index in [0.717, 1.165) is 40.0 Å². The summed E-state index contributed by atoms with van der Waals surface area (Å²) in [6, 6.07) is 4.52. The molecule has 1 amide bonds. The lowest BCUT2D eigenvalue weighted by Crippen LogP contribution is -2.17. The number of thiophene rings is 1. The van der Waals surface area contributed by atoms with Gasteiger partial charge >= 0.3 is 0 Å². The van der Waals surface area contributed by atoms with Crippen molar-refractivity contribution in [3.63, 3.8) is 0 Å². The van der Waals surface area contributed by atoms with Crippen LogP contribution in [0.25, 0.3) is 10.2 Å². The van der Waals surface area contributed by atoms with E-state index in [-0.39, 0.29) is 5.82 Å². The number of rotatable bonds is 3. The topological polar surface area (TPSA) is 68.0 Å². The molecule has 1 aliphatic rings. The molecule has 2 heterocycles. The van der Waals surface area contributed by atoms with E-state index in [1.54, 1.807) is 17.4 Å². The predicted molar refractivity (Wildman–Crippen MR) is 96.9 cm³/mol. The van der Waals surface area contributed by atoms with E-state index < -0.39 is 5.91 Å². The molecule has 2 aromatic heterocycles. The first-order chi connectivity index (χ1) is 11.5. The number of nitrogens with two attached hydrogens (primary N) is 1. The van der Waals surface area contributed by atoms with Crippen molar-refractivity contribution in [1.29, 1.82) is 0 Å². The first-order valence-electron chi connectivity index (χ1n) is 7.78. The highest BCUT2D eigenvalue weighted by molar-refractivity contribution is 7.23. The fraction of sp³-hybridized carbons (Fsp3) is 0.294. The monoisotopic (exact) mass is 361 g/mol. The van der Waals surface area contributed by atoms with Gasteiger partial charge in [-0.3, -0.25) is 4.79 Å². The van der Waals surface area contributed by atoms with Gasteiger partial charge in [0.25, 0.3) is 5.91 Å². The number of halogens is 1. The van der Waals surface area contributed by atoms with Gasteiger partial charge in [0.1, 0.15) is 10.8 Å². The highest BCUT2D eigenvalue weighted by atomic mass is 32.1. The highest BCUT2D eigenvalue weighted by Gasteiger charge is 2.26. The van der Waals surface area contributed by atoms with Crippen LogP contribution in [0.5, 0.6) is 0 Å². The van der Waals surface area contributed by atoms with E-state index in [1.807, 2.05) is 0 Å². The second-order valence-corrected chi connectivity index (χ2v) is 8.31. The van der Waals surface area contributed by atoms with Gasteiger partial charge in [-0.2, -0.15) is 0 Å². The molecular weight excluding hydrogens is 345 g/mol. The highest BCUT2D eigenvalue weighted by Crippen LogP contribution is 2.41. The lowest BCUT2D eigenvalue weighted by atomic mass is 9.88. The Labute approximate surface area is 146 Å². The molecule has 0 radical (unpaired) electrons. The molecule has 0 fully saturated rings. The number of benzene rings is 1. The fourth-order valence-electron chi connectivity index (χ4n) is 3.15. The molecule has 0 unspecified atom stereocenters. The Morgan fingerprint density at radius 1 is 1.42 bits per heavy atom. The SMILES string of the molecule is C[C@H]1CCc2c(sc(Nc3nc4ccc(F)cc4s3)c2C(N)=O)C1. The van der Waals surface area contributed by atoms with E-state index in [9.17, 15) is 9.18 Å². The molecule has 24 heavy (non-hydrogen) atoms. The number of carbonyl (C=O) groups excluding carboxylic acids is 1. The van der Waals surface area contributed by atoms with Crippen LogP contribution in [0.3, 0.4) is 0 Å². The third kappa shape index (κ3) is 2.67. The Kier molecular flexibility index (Phi) is 3.77. The number of nitrogens with one attached hydrogen (secondary N) is 1. The molecule has 0 saturated heterocycles. The van der Waals surface area contributed by atoms with Crippen LogP contribution in [0.15, 0.2) is 18.2 Å². The summed E-state index contributed by atoms with van der Waals surface area (Å²) < 4.78 is 14.1. The molecule has 0 bridgehead atoms. The van der Waals surface area contributed by atoms with Crippen LogP contribution >= 0.6 is 22.7 Å². The van der Waals surface area contributed by atoms with Crippen LogP contribution in [-0.2, 0) is 12.8 Å². The smallest absolute Gasteiger partial charge is 0.251 e. The zero-order valence-electron chi connectivity index (χ0n) is 13.1. The number of fused-ring (bicyclic) bond motifs is 2. The van der Waals surface area contributed by atoms with Crippen LogP contribution in [0.4, 0.5) is 14.5 Å². The van der Waals surface area contributed by atoms with Gasteiger partial charge in [0.05, 0.1) is 15.8 Å². The third-order valence-electron chi connectivity index (χ3n) is 4.33. The van der Waals surface area contributed by atoms with Crippen molar-refractivity contribution in [3.05, 3.63) is 40.0 Å². The second kappa shape index (κ2) is 5.82. The zero-order chi connectivity index (χ0) is 16.8. The largest absolute Gasteiger partial charge is 0.365 e. The minimum absolute atomic E-state index is 0.281. The zero-order valence-corrected chi connectivity index (χ0v) is 14.7. The van der Waals surface area contributed by atoms with Gasteiger partial charge in [-0.15, -0.1) is 11.3 Å². The summed E-state index contributed by atoms with van der Waals surface area (Å²) in [7, 11) is 0. The number of aromatic nitrogens is 1. The third-order valence-corrected chi connectivity index (χ3v) is 6.43. The molecule has 1 atom stereocenters. The maximum atomic E-state index is 13.3. The van der Waals surface area contributed by atoms with Crippen LogP contribution in [0.2, 0.25) is 0 Å².